The molecule has 0 aromatic heterocycles. The van der Waals surface area contributed by atoms with Crippen molar-refractivity contribution in [1.29, 1.82) is 0 Å². The molecule has 2 atom stereocenters. The number of carboxylic acids is 1. The summed E-state index contributed by atoms with van der Waals surface area (Å²) in [5, 5.41) is 12.4. The molecule has 2 amide bonds. The lowest BCUT2D eigenvalue weighted by Gasteiger charge is -2.34. The summed E-state index contributed by atoms with van der Waals surface area (Å²) in [5.41, 5.74) is 2.17. The van der Waals surface area contributed by atoms with Crippen molar-refractivity contribution in [3.63, 3.8) is 0 Å². The third kappa shape index (κ3) is 2.60. The van der Waals surface area contributed by atoms with Crippen molar-refractivity contribution >= 4 is 12.0 Å². The molecule has 0 radical (unpaired) electrons. The quantitative estimate of drug-likeness (QED) is 0.874. The number of fused-ring (bicyclic) bond motifs is 1. The number of carbonyl (C=O) groups is 2. The molecular formula is C16H20N2O3. The van der Waals surface area contributed by atoms with Crippen LogP contribution in [0.1, 0.15) is 31.4 Å². The molecule has 5 nitrogen and oxygen atoms in total. The molecule has 1 aliphatic carbocycles. The molecule has 5 heteroatoms. The van der Waals surface area contributed by atoms with E-state index in [1.54, 1.807) is 0 Å². The fraction of sp³-hybridized carbons (Fsp3) is 0.500. The summed E-state index contributed by atoms with van der Waals surface area (Å²) in [6.07, 6.45) is 1.31. The van der Waals surface area contributed by atoms with E-state index in [4.69, 9.17) is 0 Å². The molecule has 2 aliphatic rings. The van der Waals surface area contributed by atoms with E-state index in [0.717, 1.165) is 17.5 Å². The first-order valence-corrected chi connectivity index (χ1v) is 7.25. The summed E-state index contributed by atoms with van der Waals surface area (Å²) < 4.78 is 0. The third-order valence-corrected chi connectivity index (χ3v) is 4.61. The summed E-state index contributed by atoms with van der Waals surface area (Å²) >= 11 is 0. The van der Waals surface area contributed by atoms with Gasteiger partial charge < -0.3 is 15.3 Å². The van der Waals surface area contributed by atoms with Gasteiger partial charge in [0.2, 0.25) is 0 Å². The largest absolute Gasteiger partial charge is 0.480 e. The standard InChI is InChI=1S/C16H20N2O3/c1-16(2)8-13(16)17-15(21)18-9-11-6-4-3-5-10(11)7-12(18)14(19)20/h3-6,12-13H,7-9H2,1-2H3,(H,17,21)(H,19,20)/t12-,13?/m0/s1. The summed E-state index contributed by atoms with van der Waals surface area (Å²) in [4.78, 5) is 25.3. The number of carboxylic acid groups (broad SMARTS) is 1. The number of hydrogen-bond acceptors (Lipinski definition) is 2. The maximum absolute atomic E-state index is 12.4. The Morgan fingerprint density at radius 1 is 1.29 bits per heavy atom. The second-order valence-corrected chi connectivity index (χ2v) is 6.65. The van der Waals surface area contributed by atoms with E-state index >= 15 is 0 Å². The zero-order valence-electron chi connectivity index (χ0n) is 12.3. The average molecular weight is 288 g/mol. The normalized spacial score (nSPS) is 25.9. The predicted octanol–water partition coefficient (Wildman–Crippen LogP) is 2.01. The smallest absolute Gasteiger partial charge is 0.326 e. The van der Waals surface area contributed by atoms with Gasteiger partial charge in [-0.1, -0.05) is 38.1 Å². The van der Waals surface area contributed by atoms with E-state index < -0.39 is 12.0 Å². The second kappa shape index (κ2) is 4.76. The van der Waals surface area contributed by atoms with Crippen molar-refractivity contribution in [1.82, 2.24) is 10.2 Å². The van der Waals surface area contributed by atoms with Crippen molar-refractivity contribution in [3.8, 4) is 0 Å². The number of amides is 2. The Bertz CT molecular complexity index is 597. The average Bonchev–Trinajstić information content (AvgIpc) is 3.03. The molecule has 1 aliphatic heterocycles. The topological polar surface area (TPSA) is 69.6 Å². The zero-order chi connectivity index (χ0) is 15.2. The first kappa shape index (κ1) is 13.9. The highest BCUT2D eigenvalue weighted by Crippen LogP contribution is 2.44. The van der Waals surface area contributed by atoms with E-state index in [9.17, 15) is 14.7 Å². The van der Waals surface area contributed by atoms with Gasteiger partial charge in [-0.25, -0.2) is 9.59 Å². The Balaban J connectivity index is 1.79. The molecule has 112 valence electrons. The highest BCUT2D eigenvalue weighted by atomic mass is 16.4. The highest BCUT2D eigenvalue weighted by molar-refractivity contribution is 5.84. The summed E-state index contributed by atoms with van der Waals surface area (Å²) in [5.74, 6) is -0.949. The molecule has 1 saturated carbocycles. The van der Waals surface area contributed by atoms with Crippen LogP contribution < -0.4 is 5.32 Å². The van der Waals surface area contributed by atoms with Gasteiger partial charge in [0.25, 0.3) is 0 Å². The lowest BCUT2D eigenvalue weighted by Crippen LogP contribution is -2.53. The molecule has 1 aromatic rings. The first-order chi connectivity index (χ1) is 9.88. The van der Waals surface area contributed by atoms with Gasteiger partial charge in [0, 0.05) is 19.0 Å². The molecule has 0 bridgehead atoms. The van der Waals surface area contributed by atoms with Gasteiger partial charge in [0.15, 0.2) is 0 Å². The zero-order valence-corrected chi connectivity index (χ0v) is 12.3. The van der Waals surface area contributed by atoms with Crippen LogP contribution in [0.15, 0.2) is 24.3 Å². The minimum atomic E-state index is -0.949. The number of nitrogens with one attached hydrogen (secondary N) is 1. The maximum atomic E-state index is 12.4. The van der Waals surface area contributed by atoms with Gasteiger partial charge >= 0.3 is 12.0 Å². The van der Waals surface area contributed by atoms with Crippen molar-refractivity contribution in [2.45, 2.75) is 45.3 Å². The number of nitrogens with zero attached hydrogens (tertiary/aromatic N) is 1. The highest BCUT2D eigenvalue weighted by Gasteiger charge is 2.48. The monoisotopic (exact) mass is 288 g/mol. The lowest BCUT2D eigenvalue weighted by molar-refractivity contribution is -0.142. The minimum Gasteiger partial charge on any atom is -0.480 e. The van der Waals surface area contributed by atoms with Gasteiger partial charge in [-0.05, 0) is 23.0 Å². The molecule has 0 saturated heterocycles. The summed E-state index contributed by atoms with van der Waals surface area (Å²) in [6.45, 7) is 4.54. The number of benzene rings is 1. The van der Waals surface area contributed by atoms with Gasteiger partial charge in [-0.15, -0.1) is 0 Å². The van der Waals surface area contributed by atoms with Crippen LogP contribution in [-0.4, -0.2) is 34.1 Å². The molecule has 2 N–H and O–H groups in total. The van der Waals surface area contributed by atoms with E-state index in [0.29, 0.717) is 13.0 Å². The number of hydrogen-bond donors (Lipinski definition) is 2. The van der Waals surface area contributed by atoms with Crippen LogP contribution in [0.4, 0.5) is 4.79 Å². The Morgan fingerprint density at radius 3 is 2.48 bits per heavy atom. The summed E-state index contributed by atoms with van der Waals surface area (Å²) in [7, 11) is 0. The lowest BCUT2D eigenvalue weighted by atomic mass is 9.94. The molecule has 1 aromatic carbocycles. The van der Waals surface area contributed by atoms with Crippen LogP contribution in [0.2, 0.25) is 0 Å². The Labute approximate surface area is 123 Å². The number of rotatable bonds is 2. The van der Waals surface area contributed by atoms with Crippen LogP contribution in [0, 0.1) is 5.41 Å². The molecule has 21 heavy (non-hydrogen) atoms. The van der Waals surface area contributed by atoms with Crippen LogP contribution in [0.25, 0.3) is 0 Å². The number of urea groups is 1. The fourth-order valence-electron chi connectivity index (χ4n) is 2.90. The number of aliphatic carboxylic acids is 1. The Hall–Kier alpha value is -2.04. The predicted molar refractivity (Wildman–Crippen MR) is 77.8 cm³/mol. The van der Waals surface area contributed by atoms with Crippen LogP contribution in [0.3, 0.4) is 0 Å². The van der Waals surface area contributed by atoms with E-state index in [1.165, 1.54) is 4.90 Å². The maximum Gasteiger partial charge on any atom is 0.326 e. The Kier molecular flexibility index (Phi) is 3.15. The SMILES string of the molecule is CC1(C)CC1NC(=O)N1Cc2ccccc2C[C@H]1C(=O)O. The summed E-state index contributed by atoms with van der Waals surface area (Å²) in [6, 6.07) is 6.80. The molecule has 3 rings (SSSR count). The van der Waals surface area contributed by atoms with Gasteiger partial charge in [-0.2, -0.15) is 0 Å². The van der Waals surface area contributed by atoms with Crippen molar-refractivity contribution < 1.29 is 14.7 Å². The molecule has 1 fully saturated rings. The van der Waals surface area contributed by atoms with E-state index in [-0.39, 0.29) is 17.5 Å². The second-order valence-electron chi connectivity index (χ2n) is 6.65. The van der Waals surface area contributed by atoms with E-state index in [2.05, 4.69) is 19.2 Å². The van der Waals surface area contributed by atoms with Crippen molar-refractivity contribution in [3.05, 3.63) is 35.4 Å². The van der Waals surface area contributed by atoms with Crippen LogP contribution in [-0.2, 0) is 17.8 Å². The third-order valence-electron chi connectivity index (χ3n) is 4.61. The van der Waals surface area contributed by atoms with Gasteiger partial charge in [0.05, 0.1) is 0 Å². The van der Waals surface area contributed by atoms with Crippen LogP contribution in [0.5, 0.6) is 0 Å². The Morgan fingerprint density at radius 2 is 1.90 bits per heavy atom. The first-order valence-electron chi connectivity index (χ1n) is 7.25. The molecular weight excluding hydrogens is 268 g/mol. The molecule has 1 heterocycles. The molecule has 1 unspecified atom stereocenters. The minimum absolute atomic E-state index is 0.127. The van der Waals surface area contributed by atoms with E-state index in [1.807, 2.05) is 24.3 Å². The fourth-order valence-corrected chi connectivity index (χ4v) is 2.90. The van der Waals surface area contributed by atoms with Gasteiger partial charge in [0.1, 0.15) is 6.04 Å². The van der Waals surface area contributed by atoms with Crippen molar-refractivity contribution in [2.24, 2.45) is 5.41 Å². The van der Waals surface area contributed by atoms with Crippen LogP contribution >= 0.6 is 0 Å². The molecule has 0 spiro atoms. The number of carbonyl (C=O) groups excluding carboxylic acids is 1. The van der Waals surface area contributed by atoms with Gasteiger partial charge in [-0.3, -0.25) is 0 Å². The van der Waals surface area contributed by atoms with Crippen molar-refractivity contribution in [2.75, 3.05) is 0 Å².